The fourth-order valence-electron chi connectivity index (χ4n) is 3.32. The third-order valence-electron chi connectivity index (χ3n) is 5.02. The molecule has 11 nitrogen and oxygen atoms in total. The molecular formula is C24H20N6O5. The Morgan fingerprint density at radius 2 is 1.63 bits per heavy atom. The van der Waals surface area contributed by atoms with Gasteiger partial charge in [0.2, 0.25) is 5.91 Å². The van der Waals surface area contributed by atoms with E-state index in [-0.39, 0.29) is 17.5 Å². The van der Waals surface area contributed by atoms with E-state index in [1.54, 1.807) is 54.7 Å². The van der Waals surface area contributed by atoms with E-state index in [2.05, 4.69) is 20.9 Å². The van der Waals surface area contributed by atoms with E-state index in [0.717, 1.165) is 5.56 Å². The zero-order valence-electron chi connectivity index (χ0n) is 18.8. The van der Waals surface area contributed by atoms with Crippen molar-refractivity contribution in [3.63, 3.8) is 0 Å². The molecule has 0 bridgehead atoms. The van der Waals surface area contributed by atoms with Gasteiger partial charge < -0.3 is 15.4 Å². The molecule has 0 unspecified atom stereocenters. The van der Waals surface area contributed by atoms with Crippen LogP contribution < -0.4 is 15.4 Å². The number of benzene rings is 3. The van der Waals surface area contributed by atoms with Crippen LogP contribution in [-0.4, -0.2) is 38.8 Å². The Balaban J connectivity index is 1.47. The smallest absolute Gasteiger partial charge is 0.273 e. The van der Waals surface area contributed by atoms with Gasteiger partial charge >= 0.3 is 0 Å². The predicted octanol–water partition coefficient (Wildman–Crippen LogP) is 4.06. The van der Waals surface area contributed by atoms with E-state index in [0.29, 0.717) is 34.1 Å². The fourth-order valence-corrected chi connectivity index (χ4v) is 3.32. The van der Waals surface area contributed by atoms with Gasteiger partial charge in [-0.05, 0) is 42.5 Å². The predicted molar refractivity (Wildman–Crippen MR) is 129 cm³/mol. The molecule has 0 radical (unpaired) electrons. The van der Waals surface area contributed by atoms with Crippen molar-refractivity contribution in [1.29, 1.82) is 0 Å². The van der Waals surface area contributed by atoms with E-state index in [9.17, 15) is 19.7 Å². The van der Waals surface area contributed by atoms with Crippen LogP contribution in [0.15, 0.2) is 72.9 Å². The van der Waals surface area contributed by atoms with Crippen LogP contribution in [0.5, 0.6) is 5.75 Å². The summed E-state index contributed by atoms with van der Waals surface area (Å²) in [5.74, 6) is -0.184. The van der Waals surface area contributed by atoms with Gasteiger partial charge in [-0.25, -0.2) is 4.68 Å². The molecule has 11 heteroatoms. The number of non-ortho nitro benzene ring substituents is 1. The first-order valence-corrected chi connectivity index (χ1v) is 10.4. The summed E-state index contributed by atoms with van der Waals surface area (Å²) in [5.41, 5.74) is 3.39. The van der Waals surface area contributed by atoms with Crippen LogP contribution in [0.1, 0.15) is 17.3 Å². The number of nitrogens with one attached hydrogen (secondary N) is 2. The fraction of sp³-hybridized carbons (Fsp3) is 0.0833. The first kappa shape index (κ1) is 23.1. The molecule has 0 spiro atoms. The van der Waals surface area contributed by atoms with Crippen molar-refractivity contribution >= 4 is 28.9 Å². The molecule has 0 fully saturated rings. The Hall–Kier alpha value is -5.06. The van der Waals surface area contributed by atoms with Gasteiger partial charge in [0, 0.05) is 35.5 Å². The molecule has 2 N–H and O–H groups in total. The lowest BCUT2D eigenvalue weighted by molar-refractivity contribution is -0.384. The summed E-state index contributed by atoms with van der Waals surface area (Å²) in [6.45, 7) is 1.41. The number of nitro benzene ring substituents is 1. The molecule has 0 saturated carbocycles. The SMILES string of the molecule is COc1cc([N+](=O)[O-])ccc1-n1cc(-c2ccc(NC(=O)c3ccc(NC(C)=O)cc3)cc2)nn1. The third kappa shape index (κ3) is 5.30. The number of ether oxygens (including phenoxy) is 1. The summed E-state index contributed by atoms with van der Waals surface area (Å²) >= 11 is 0. The number of anilines is 2. The normalized spacial score (nSPS) is 10.5. The number of aromatic nitrogens is 3. The summed E-state index contributed by atoms with van der Waals surface area (Å²) in [6, 6.07) is 17.8. The largest absolute Gasteiger partial charge is 0.494 e. The maximum absolute atomic E-state index is 12.5. The van der Waals surface area contributed by atoms with Crippen molar-refractivity contribution in [1.82, 2.24) is 15.0 Å². The van der Waals surface area contributed by atoms with Gasteiger partial charge in [0.05, 0.1) is 24.3 Å². The molecule has 0 aliphatic carbocycles. The number of methoxy groups -OCH3 is 1. The topological polar surface area (TPSA) is 141 Å². The average Bonchev–Trinajstić information content (AvgIpc) is 3.34. The van der Waals surface area contributed by atoms with E-state index in [4.69, 9.17) is 4.74 Å². The van der Waals surface area contributed by atoms with Gasteiger partial charge in [-0.15, -0.1) is 5.10 Å². The highest BCUT2D eigenvalue weighted by Gasteiger charge is 2.15. The number of nitrogens with zero attached hydrogens (tertiary/aromatic N) is 4. The molecule has 0 atom stereocenters. The minimum Gasteiger partial charge on any atom is -0.494 e. The highest BCUT2D eigenvalue weighted by Crippen LogP contribution is 2.28. The number of rotatable bonds is 7. The van der Waals surface area contributed by atoms with Gasteiger partial charge in [-0.2, -0.15) is 0 Å². The minimum absolute atomic E-state index is 0.0905. The molecular weight excluding hydrogens is 452 g/mol. The van der Waals surface area contributed by atoms with E-state index in [1.807, 2.05) is 0 Å². The Kier molecular flexibility index (Phi) is 6.49. The molecule has 4 rings (SSSR count). The molecule has 1 heterocycles. The van der Waals surface area contributed by atoms with Gasteiger partial charge in [0.25, 0.3) is 11.6 Å². The second kappa shape index (κ2) is 9.83. The number of amides is 2. The van der Waals surface area contributed by atoms with Crippen LogP contribution in [0.3, 0.4) is 0 Å². The van der Waals surface area contributed by atoms with Crippen LogP contribution in [0.2, 0.25) is 0 Å². The van der Waals surface area contributed by atoms with E-state index in [1.165, 1.54) is 36.9 Å². The first-order chi connectivity index (χ1) is 16.8. The van der Waals surface area contributed by atoms with Crippen molar-refractivity contribution in [2.75, 3.05) is 17.7 Å². The van der Waals surface area contributed by atoms with Crippen LogP contribution in [-0.2, 0) is 4.79 Å². The van der Waals surface area contributed by atoms with Gasteiger partial charge in [-0.1, -0.05) is 17.3 Å². The monoisotopic (exact) mass is 472 g/mol. The lowest BCUT2D eigenvalue weighted by Gasteiger charge is -2.07. The summed E-state index contributed by atoms with van der Waals surface area (Å²) in [7, 11) is 1.42. The summed E-state index contributed by atoms with van der Waals surface area (Å²) in [5, 5.41) is 24.7. The molecule has 0 aliphatic heterocycles. The molecule has 1 aromatic heterocycles. The quantitative estimate of drug-likeness (QED) is 0.305. The molecule has 4 aromatic rings. The number of hydrogen-bond donors (Lipinski definition) is 2. The second-order valence-corrected chi connectivity index (χ2v) is 7.45. The summed E-state index contributed by atoms with van der Waals surface area (Å²) in [6.07, 6.45) is 1.67. The first-order valence-electron chi connectivity index (χ1n) is 10.4. The maximum atomic E-state index is 12.5. The second-order valence-electron chi connectivity index (χ2n) is 7.45. The van der Waals surface area contributed by atoms with Gasteiger partial charge in [-0.3, -0.25) is 19.7 Å². The van der Waals surface area contributed by atoms with Crippen LogP contribution in [0.25, 0.3) is 16.9 Å². The number of carbonyl (C=O) groups is 2. The number of hydrogen-bond acceptors (Lipinski definition) is 7. The van der Waals surface area contributed by atoms with Crippen molar-refractivity contribution in [3.8, 4) is 22.7 Å². The zero-order valence-corrected chi connectivity index (χ0v) is 18.8. The van der Waals surface area contributed by atoms with Crippen LogP contribution in [0, 0.1) is 10.1 Å². The molecule has 3 aromatic carbocycles. The highest BCUT2D eigenvalue weighted by atomic mass is 16.6. The number of carbonyl (C=O) groups excluding carboxylic acids is 2. The summed E-state index contributed by atoms with van der Waals surface area (Å²) in [4.78, 5) is 34.1. The lowest BCUT2D eigenvalue weighted by Crippen LogP contribution is -2.12. The Morgan fingerprint density at radius 3 is 2.26 bits per heavy atom. The van der Waals surface area contributed by atoms with E-state index < -0.39 is 4.92 Å². The van der Waals surface area contributed by atoms with Crippen LogP contribution >= 0.6 is 0 Å². The highest BCUT2D eigenvalue weighted by molar-refractivity contribution is 6.04. The zero-order chi connectivity index (χ0) is 24.9. The Labute approximate surface area is 199 Å². The molecule has 0 saturated heterocycles. The standard InChI is InChI=1S/C24H20N6O5/c1-15(31)25-18-9-5-17(6-10-18)24(32)26-19-7-3-16(4-8-19)21-14-29(28-27-21)22-12-11-20(30(33)34)13-23(22)35-2/h3-14H,1-2H3,(H,25,31)(H,26,32). The van der Waals surface area contributed by atoms with Crippen LogP contribution in [0.4, 0.5) is 17.1 Å². The molecule has 0 aliphatic rings. The van der Waals surface area contributed by atoms with E-state index >= 15 is 0 Å². The Morgan fingerprint density at radius 1 is 0.971 bits per heavy atom. The minimum atomic E-state index is -0.500. The summed E-state index contributed by atoms with van der Waals surface area (Å²) < 4.78 is 6.74. The van der Waals surface area contributed by atoms with Crippen molar-refractivity contribution in [3.05, 3.63) is 88.6 Å². The average molecular weight is 472 g/mol. The maximum Gasteiger partial charge on any atom is 0.273 e. The third-order valence-corrected chi connectivity index (χ3v) is 5.02. The van der Waals surface area contributed by atoms with Crippen molar-refractivity contribution in [2.45, 2.75) is 6.92 Å². The molecule has 176 valence electrons. The van der Waals surface area contributed by atoms with Gasteiger partial charge in [0.15, 0.2) is 5.75 Å². The van der Waals surface area contributed by atoms with Crippen molar-refractivity contribution < 1.29 is 19.2 Å². The van der Waals surface area contributed by atoms with Gasteiger partial charge in [0.1, 0.15) is 11.4 Å². The van der Waals surface area contributed by atoms with Crippen molar-refractivity contribution in [2.24, 2.45) is 0 Å². The molecule has 35 heavy (non-hydrogen) atoms. The number of nitro groups is 1. The Bertz CT molecular complexity index is 1400. The lowest BCUT2D eigenvalue weighted by atomic mass is 10.1. The molecule has 2 amide bonds.